The van der Waals surface area contributed by atoms with Crippen LogP contribution in [0.1, 0.15) is 66.1 Å². The van der Waals surface area contributed by atoms with Crippen LogP contribution < -0.4 is 10.6 Å². The third kappa shape index (κ3) is 9.44. The van der Waals surface area contributed by atoms with Crippen LogP contribution in [-0.2, 0) is 19.6 Å². The number of hydrogen-bond donors (Lipinski definition) is 3. The van der Waals surface area contributed by atoms with Gasteiger partial charge >= 0.3 is 12.3 Å². The molecule has 2 aromatic carbocycles. The number of benzene rings is 2. The highest BCUT2D eigenvalue weighted by atomic mass is 32.2. The van der Waals surface area contributed by atoms with Crippen LogP contribution in [-0.4, -0.2) is 76.9 Å². The fourth-order valence-electron chi connectivity index (χ4n) is 5.94. The number of sulfonamides is 1. The number of carbonyl (C=O) groups excluding carboxylic acids is 2. The zero-order valence-corrected chi connectivity index (χ0v) is 31.5. The van der Waals surface area contributed by atoms with Crippen LogP contribution in [0, 0.1) is 5.41 Å². The van der Waals surface area contributed by atoms with Crippen molar-refractivity contribution in [3.63, 3.8) is 0 Å². The maximum absolute atomic E-state index is 14.9. The van der Waals surface area contributed by atoms with E-state index in [1.165, 1.54) is 35.2 Å². The zero-order chi connectivity index (χ0) is 39.3. The van der Waals surface area contributed by atoms with E-state index in [9.17, 15) is 36.3 Å². The summed E-state index contributed by atoms with van der Waals surface area (Å²) in [5, 5.41) is 19.2. The summed E-state index contributed by atoms with van der Waals surface area (Å²) in [7, 11) is -3.27. The smallest absolute Gasteiger partial charge is 0.413 e. The second kappa shape index (κ2) is 16.7. The highest BCUT2D eigenvalue weighted by molar-refractivity contribution is 7.89. The molecule has 54 heavy (non-hydrogen) atoms. The third-order valence-electron chi connectivity index (χ3n) is 8.73. The van der Waals surface area contributed by atoms with Gasteiger partial charge in [-0.05, 0) is 41.2 Å². The molecule has 3 aromatic heterocycles. The Hall–Kier alpha value is -4.84. The fourth-order valence-corrected chi connectivity index (χ4v) is 8.80. The molecule has 5 rings (SSSR count). The number of halogens is 3. The van der Waals surface area contributed by atoms with Gasteiger partial charge < -0.3 is 20.5 Å². The molecule has 5 aromatic rings. The quantitative estimate of drug-likeness (QED) is 0.120. The summed E-state index contributed by atoms with van der Waals surface area (Å²) in [6.45, 7) is 4.92. The Balaban J connectivity index is 1.52. The summed E-state index contributed by atoms with van der Waals surface area (Å²) < 4.78 is 80.4. The molecule has 288 valence electrons. The highest BCUT2D eigenvalue weighted by Gasteiger charge is 2.46. The number of pyridine rings is 1. The van der Waals surface area contributed by atoms with E-state index in [1.54, 1.807) is 60.7 Å². The standard InChI is InChI=1S/C37H41F3N6O6S2/c1-36(2,3)18-20-46(54(50,51)26-17-19-45-30(21-26)41-23-42-45)27(22-47)28-15-16-29(53-28)33(37(38,39)40)44-34(48)32(43-35(49)52-4)31(24-11-7-5-8-12-24)25-13-9-6-10-14-25/h5-17,19,21,23,27,31-33,47H,18,20,22H2,1-4H3,(H,43,49)(H,44,48)/t27-,32+,33-/m1/s1. The van der Waals surface area contributed by atoms with Crippen LogP contribution in [0.25, 0.3) is 5.65 Å². The van der Waals surface area contributed by atoms with Crippen LogP contribution in [0.15, 0.2) is 102 Å². The Morgan fingerprint density at radius 2 is 1.56 bits per heavy atom. The van der Waals surface area contributed by atoms with E-state index >= 15 is 0 Å². The van der Waals surface area contributed by atoms with Crippen LogP contribution >= 0.6 is 11.3 Å². The number of alkyl halides is 3. The van der Waals surface area contributed by atoms with E-state index in [-0.39, 0.29) is 32.3 Å². The minimum atomic E-state index is -5.02. The maximum atomic E-state index is 14.9. The number of nitrogens with zero attached hydrogens (tertiary/aromatic N) is 4. The van der Waals surface area contributed by atoms with E-state index in [1.807, 2.05) is 20.8 Å². The number of aromatic nitrogens is 3. The van der Waals surface area contributed by atoms with Gasteiger partial charge in [0.15, 0.2) is 11.7 Å². The number of aliphatic hydroxyl groups excluding tert-OH is 1. The summed E-state index contributed by atoms with van der Waals surface area (Å²) >= 11 is 0.611. The van der Waals surface area contributed by atoms with Gasteiger partial charge in [-0.1, -0.05) is 81.4 Å². The zero-order valence-electron chi connectivity index (χ0n) is 29.9. The van der Waals surface area contributed by atoms with Crippen molar-refractivity contribution in [3.05, 3.63) is 118 Å². The van der Waals surface area contributed by atoms with Crippen molar-refractivity contribution in [2.75, 3.05) is 20.3 Å². The maximum Gasteiger partial charge on any atom is 0.413 e. The largest absolute Gasteiger partial charge is 0.453 e. The van der Waals surface area contributed by atoms with Crippen LogP contribution in [0.3, 0.4) is 0 Å². The SMILES string of the molecule is COC(=O)N[C@H](C(=O)N[C@H](c1ccc([C@@H](CO)N(CCC(C)(C)C)S(=O)(=O)c2ccn3ncnc3c2)s1)C(F)(F)F)C(c1ccccc1)c1ccccc1. The van der Waals surface area contributed by atoms with E-state index in [0.29, 0.717) is 28.9 Å². The second-order valence-corrected chi connectivity index (χ2v) is 16.7. The van der Waals surface area contributed by atoms with Gasteiger partial charge in [-0.15, -0.1) is 11.3 Å². The van der Waals surface area contributed by atoms with Crippen molar-refractivity contribution in [2.24, 2.45) is 5.41 Å². The number of fused-ring (bicyclic) bond motifs is 1. The molecule has 0 saturated carbocycles. The minimum absolute atomic E-state index is 0.0666. The molecule has 2 amide bonds. The number of ether oxygens (including phenoxy) is 1. The van der Waals surface area contributed by atoms with Crippen LogP contribution in [0.4, 0.5) is 18.0 Å². The lowest BCUT2D eigenvalue weighted by Gasteiger charge is -2.32. The number of thiophene rings is 1. The number of carbonyl (C=O) groups is 2. The van der Waals surface area contributed by atoms with Crippen LogP contribution in [0.2, 0.25) is 0 Å². The van der Waals surface area contributed by atoms with E-state index in [4.69, 9.17) is 4.74 Å². The molecule has 3 atom stereocenters. The molecule has 0 saturated heterocycles. The first-order valence-corrected chi connectivity index (χ1v) is 19.1. The monoisotopic (exact) mass is 786 g/mol. The average Bonchev–Trinajstić information content (AvgIpc) is 3.81. The first-order valence-electron chi connectivity index (χ1n) is 16.9. The number of nitrogens with one attached hydrogen (secondary N) is 2. The fraction of sp³-hybridized carbons (Fsp3) is 0.351. The number of amides is 2. The highest BCUT2D eigenvalue weighted by Crippen LogP contribution is 2.41. The van der Waals surface area contributed by atoms with Crippen molar-refractivity contribution in [1.82, 2.24) is 29.5 Å². The lowest BCUT2D eigenvalue weighted by atomic mass is 9.84. The van der Waals surface area contributed by atoms with Crippen molar-refractivity contribution in [3.8, 4) is 0 Å². The van der Waals surface area contributed by atoms with Gasteiger partial charge in [0.2, 0.25) is 15.9 Å². The average molecular weight is 787 g/mol. The molecule has 0 radical (unpaired) electrons. The van der Waals surface area contributed by atoms with E-state index in [0.717, 1.165) is 17.5 Å². The van der Waals surface area contributed by atoms with Gasteiger partial charge in [0.1, 0.15) is 12.4 Å². The van der Waals surface area contributed by atoms with E-state index < -0.39 is 58.9 Å². The molecule has 12 nitrogen and oxygen atoms in total. The molecule has 0 unspecified atom stereocenters. The molecule has 0 bridgehead atoms. The summed E-state index contributed by atoms with van der Waals surface area (Å²) in [6.07, 6.45) is -3.01. The summed E-state index contributed by atoms with van der Waals surface area (Å²) in [5.41, 5.74) is 1.01. The molecule has 0 aliphatic rings. The van der Waals surface area contributed by atoms with Crippen LogP contribution in [0.5, 0.6) is 0 Å². The summed E-state index contributed by atoms with van der Waals surface area (Å²) in [5.74, 6) is -2.07. The van der Waals surface area contributed by atoms with E-state index in [2.05, 4.69) is 20.7 Å². The Morgan fingerprint density at radius 3 is 2.11 bits per heavy atom. The number of rotatable bonds is 14. The molecule has 17 heteroatoms. The van der Waals surface area contributed by atoms with Crippen molar-refractivity contribution in [1.29, 1.82) is 0 Å². The molecule has 0 aliphatic heterocycles. The van der Waals surface area contributed by atoms with Gasteiger partial charge in [0.05, 0.1) is 24.7 Å². The molecule has 3 N–H and O–H groups in total. The predicted molar refractivity (Wildman–Crippen MR) is 196 cm³/mol. The molecule has 0 aliphatic carbocycles. The van der Waals surface area contributed by atoms with Gasteiger partial charge in [-0.3, -0.25) is 4.79 Å². The van der Waals surface area contributed by atoms with Crippen molar-refractivity contribution < 1.29 is 41.0 Å². The topological polar surface area (TPSA) is 155 Å². The summed E-state index contributed by atoms with van der Waals surface area (Å²) in [4.78, 5) is 30.3. The lowest BCUT2D eigenvalue weighted by molar-refractivity contribution is -0.163. The molecule has 0 fully saturated rings. The van der Waals surface area contributed by atoms with Gasteiger partial charge in [0, 0.05) is 34.5 Å². The van der Waals surface area contributed by atoms with Crippen molar-refractivity contribution >= 4 is 39.0 Å². The number of methoxy groups -OCH3 is 1. The van der Waals surface area contributed by atoms with Gasteiger partial charge in [-0.2, -0.15) is 22.6 Å². The molecular weight excluding hydrogens is 746 g/mol. The molecule has 0 spiro atoms. The summed E-state index contributed by atoms with van der Waals surface area (Å²) in [6, 6.07) is 16.8. The molecule has 3 heterocycles. The Morgan fingerprint density at radius 1 is 0.944 bits per heavy atom. The van der Waals surface area contributed by atoms with Gasteiger partial charge in [0.25, 0.3) is 0 Å². The number of aliphatic hydroxyl groups is 1. The number of alkyl carbamates (subject to hydrolysis) is 1. The van der Waals surface area contributed by atoms with Gasteiger partial charge in [-0.25, -0.2) is 22.7 Å². The second-order valence-electron chi connectivity index (χ2n) is 13.7. The normalized spacial score (nSPS) is 14.2. The minimum Gasteiger partial charge on any atom is -0.453 e. The molecular formula is C37H41F3N6O6S2. The van der Waals surface area contributed by atoms with Crippen molar-refractivity contribution in [2.45, 2.75) is 62.3 Å². The Bertz CT molecular complexity index is 2100. The Kier molecular flexibility index (Phi) is 12.5. The predicted octanol–water partition coefficient (Wildman–Crippen LogP) is 6.23. The Labute approximate surface area is 315 Å². The first-order chi connectivity index (χ1) is 25.5. The lowest BCUT2D eigenvalue weighted by Crippen LogP contribution is -2.52. The third-order valence-corrected chi connectivity index (χ3v) is 11.9. The first kappa shape index (κ1) is 40.3. The number of hydrogen-bond acceptors (Lipinski definition) is 9.